The minimum absolute atomic E-state index is 0.0188. The number of aliphatic hydroxyl groups is 1. The van der Waals surface area contributed by atoms with Crippen LogP contribution in [0.3, 0.4) is 0 Å². The number of fused-ring (bicyclic) bond motifs is 1. The van der Waals surface area contributed by atoms with Gasteiger partial charge in [-0.25, -0.2) is 0 Å². The van der Waals surface area contributed by atoms with Gasteiger partial charge in [0.25, 0.3) is 5.91 Å². The van der Waals surface area contributed by atoms with Gasteiger partial charge in [-0.1, -0.05) is 31.6 Å². The predicted molar refractivity (Wildman–Crippen MR) is 118 cm³/mol. The smallest absolute Gasteiger partial charge is 0.259 e. The zero-order chi connectivity index (χ0) is 25.9. The maximum Gasteiger partial charge on any atom is 0.259 e. The van der Waals surface area contributed by atoms with Crippen LogP contribution in [0.5, 0.6) is 0 Å². The lowest BCUT2D eigenvalue weighted by Crippen LogP contribution is -2.72. The molecule has 10 nitrogen and oxygen atoms in total. The number of hydrogen-bond donors (Lipinski definition) is 2. The van der Waals surface area contributed by atoms with Crippen molar-refractivity contribution in [3.05, 3.63) is 35.1 Å². The fourth-order valence-electron chi connectivity index (χ4n) is 5.87. The fourth-order valence-corrected chi connectivity index (χ4v) is 5.87. The van der Waals surface area contributed by atoms with Crippen molar-refractivity contribution in [1.82, 2.24) is 5.32 Å². The monoisotopic (exact) mass is 488 g/mol. The van der Waals surface area contributed by atoms with Crippen LogP contribution in [0, 0.1) is 17.8 Å². The third-order valence-electron chi connectivity index (χ3n) is 7.47. The molecule has 190 valence electrons. The number of Topliss-reactive ketones (excluding diaryl/α,β-unsaturated/α-hetero) is 2. The number of ether oxygens (including phenoxy) is 3. The van der Waals surface area contributed by atoms with Crippen molar-refractivity contribution in [2.75, 3.05) is 6.54 Å². The van der Waals surface area contributed by atoms with Crippen molar-refractivity contribution in [3.63, 3.8) is 0 Å². The average Bonchev–Trinajstić information content (AvgIpc) is 3.20. The fraction of sp³-hybridized carbons (Fsp3) is 0.600. The summed E-state index contributed by atoms with van der Waals surface area (Å²) >= 11 is 0. The molecule has 0 aromatic heterocycles. The van der Waals surface area contributed by atoms with E-state index in [-0.39, 0.29) is 36.2 Å². The van der Waals surface area contributed by atoms with Gasteiger partial charge in [-0.2, -0.15) is 0 Å². The Balaban J connectivity index is 1.62. The van der Waals surface area contributed by atoms with Crippen LogP contribution in [0.25, 0.3) is 0 Å². The molecule has 4 fully saturated rings. The van der Waals surface area contributed by atoms with Gasteiger partial charge in [0.2, 0.25) is 5.79 Å². The van der Waals surface area contributed by atoms with Crippen LogP contribution in [0.2, 0.25) is 0 Å². The van der Waals surface area contributed by atoms with Crippen LogP contribution in [-0.2, 0) is 33.4 Å². The normalized spacial score (nSPS) is 41.7. The Morgan fingerprint density at radius 3 is 2.49 bits per heavy atom. The zero-order valence-electron chi connectivity index (χ0n) is 20.3. The molecule has 2 bridgehead atoms. The van der Waals surface area contributed by atoms with Crippen molar-refractivity contribution in [2.45, 2.75) is 70.7 Å². The molecule has 0 aromatic rings. The standard InChI is InChI=1S/C25H31NO9/c1-11(6-7-15(27)18-17(29)10-26-22(18)30)8-12(2)20-13(3)21-16(28)9-24(5)25(34-20,35-21)19(23(31)32)14(4)33-24/h6-8,12-14,19-21,27H,9-10H2,1-5H3,(H,26,30)(H,31,32)/p-1/b7-6+,11-8+,18-15-/t12-,13-,14-,19?,20-,21?,24+,25?/m1/s1. The van der Waals surface area contributed by atoms with Gasteiger partial charge in [-0.05, 0) is 26.8 Å². The molecular formula is C25H30NO9-. The first-order valence-electron chi connectivity index (χ1n) is 11.7. The molecule has 2 N–H and O–H groups in total. The topological polar surface area (TPSA) is 151 Å². The van der Waals surface area contributed by atoms with Crippen LogP contribution >= 0.6 is 0 Å². The van der Waals surface area contributed by atoms with E-state index in [4.69, 9.17) is 14.2 Å². The number of aliphatic hydroxyl groups excluding tert-OH is 1. The number of nitrogens with one attached hydrogen (secondary N) is 1. The highest BCUT2D eigenvalue weighted by Gasteiger charge is 2.72. The van der Waals surface area contributed by atoms with E-state index in [1.165, 1.54) is 6.08 Å². The summed E-state index contributed by atoms with van der Waals surface area (Å²) in [5.74, 6) is -6.59. The van der Waals surface area contributed by atoms with Gasteiger partial charge in [-0.15, -0.1) is 0 Å². The van der Waals surface area contributed by atoms with Crippen LogP contribution in [0.15, 0.2) is 35.1 Å². The molecule has 3 unspecified atom stereocenters. The molecule has 0 aliphatic carbocycles. The van der Waals surface area contributed by atoms with E-state index in [0.29, 0.717) is 5.57 Å². The number of aliphatic carboxylic acids is 1. The van der Waals surface area contributed by atoms with Gasteiger partial charge in [0.05, 0.1) is 30.6 Å². The molecular weight excluding hydrogens is 458 g/mol. The quantitative estimate of drug-likeness (QED) is 0.240. The van der Waals surface area contributed by atoms with Crippen LogP contribution < -0.4 is 10.4 Å². The number of amides is 1. The van der Waals surface area contributed by atoms with Crippen molar-refractivity contribution >= 4 is 23.4 Å². The highest BCUT2D eigenvalue weighted by atomic mass is 16.8. The summed E-state index contributed by atoms with van der Waals surface area (Å²) in [6, 6.07) is 0. The van der Waals surface area contributed by atoms with Gasteiger partial charge in [0.1, 0.15) is 23.0 Å². The molecule has 4 saturated heterocycles. The molecule has 1 spiro atoms. The SMILES string of the molecule is CC(/C=C/C(O)=C1\C(=O)CNC1=O)=C\[C@@H](C)[C@H]1OC23OC(C(=O)C[C@]2(C)O[C@H](C)C3C(=O)[O-])[C@@H]1C. The summed E-state index contributed by atoms with van der Waals surface area (Å²) in [6.07, 6.45) is 2.47. The number of allylic oxidation sites excluding steroid dienone is 3. The molecule has 4 heterocycles. The maximum absolute atomic E-state index is 12.9. The lowest BCUT2D eigenvalue weighted by atomic mass is 9.73. The predicted octanol–water partition coefficient (Wildman–Crippen LogP) is 0.269. The number of carbonyl (C=O) groups excluding carboxylic acids is 4. The van der Waals surface area contributed by atoms with Gasteiger partial charge in [0, 0.05) is 18.3 Å². The number of ketones is 2. The van der Waals surface area contributed by atoms with E-state index in [2.05, 4.69) is 5.32 Å². The van der Waals surface area contributed by atoms with Crippen LogP contribution in [0.1, 0.15) is 41.0 Å². The first-order valence-corrected chi connectivity index (χ1v) is 11.7. The van der Waals surface area contributed by atoms with Crippen molar-refractivity contribution < 1.29 is 43.6 Å². The van der Waals surface area contributed by atoms with E-state index < -0.39 is 59.0 Å². The number of carboxylic acid groups (broad SMARTS) is 1. The third-order valence-corrected chi connectivity index (χ3v) is 7.47. The van der Waals surface area contributed by atoms with E-state index in [0.717, 1.165) is 0 Å². The average molecular weight is 489 g/mol. The molecule has 4 aliphatic rings. The Bertz CT molecular complexity index is 1060. The minimum Gasteiger partial charge on any atom is -0.550 e. The summed E-state index contributed by atoms with van der Waals surface area (Å²) in [5.41, 5.74) is -0.854. The number of rotatable bonds is 5. The number of hydrogen-bond acceptors (Lipinski definition) is 9. The summed E-state index contributed by atoms with van der Waals surface area (Å²) < 4.78 is 18.5. The Labute approximate surface area is 203 Å². The van der Waals surface area contributed by atoms with Gasteiger partial charge in [-0.3, -0.25) is 14.4 Å². The first kappa shape index (κ1) is 25.3. The second-order valence-electron chi connectivity index (χ2n) is 10.1. The first-order chi connectivity index (χ1) is 16.3. The highest BCUT2D eigenvalue weighted by molar-refractivity contribution is 6.25. The Hall–Kier alpha value is -2.82. The molecule has 0 radical (unpaired) electrons. The van der Waals surface area contributed by atoms with Crippen molar-refractivity contribution in [1.29, 1.82) is 0 Å². The maximum atomic E-state index is 12.9. The molecule has 35 heavy (non-hydrogen) atoms. The molecule has 4 rings (SSSR count). The van der Waals surface area contributed by atoms with E-state index in [1.807, 2.05) is 19.9 Å². The molecule has 8 atom stereocenters. The Morgan fingerprint density at radius 1 is 1.20 bits per heavy atom. The van der Waals surface area contributed by atoms with Crippen molar-refractivity contribution in [2.24, 2.45) is 17.8 Å². The Kier molecular flexibility index (Phi) is 6.27. The van der Waals surface area contributed by atoms with E-state index in [1.54, 1.807) is 26.8 Å². The van der Waals surface area contributed by atoms with E-state index in [9.17, 15) is 29.4 Å². The summed E-state index contributed by atoms with van der Waals surface area (Å²) in [6.45, 7) is 8.56. The Morgan fingerprint density at radius 2 is 1.89 bits per heavy atom. The van der Waals surface area contributed by atoms with E-state index >= 15 is 0 Å². The zero-order valence-corrected chi connectivity index (χ0v) is 20.3. The molecule has 0 aromatic carbocycles. The highest BCUT2D eigenvalue weighted by Crippen LogP contribution is 2.57. The summed E-state index contributed by atoms with van der Waals surface area (Å²) in [4.78, 5) is 48.5. The van der Waals surface area contributed by atoms with Gasteiger partial charge < -0.3 is 34.5 Å². The number of carbonyl (C=O) groups is 4. The molecule has 10 heteroatoms. The van der Waals surface area contributed by atoms with Crippen LogP contribution in [0.4, 0.5) is 0 Å². The summed E-state index contributed by atoms with van der Waals surface area (Å²) in [5, 5.41) is 24.6. The lowest BCUT2D eigenvalue weighted by Gasteiger charge is -2.57. The molecule has 1 amide bonds. The third kappa shape index (κ3) is 3.93. The molecule has 4 aliphatic heterocycles. The number of carboxylic acids is 1. The summed E-state index contributed by atoms with van der Waals surface area (Å²) in [7, 11) is 0. The second-order valence-corrected chi connectivity index (χ2v) is 10.1. The van der Waals surface area contributed by atoms with Gasteiger partial charge in [0.15, 0.2) is 11.6 Å². The second kappa shape index (κ2) is 8.69. The van der Waals surface area contributed by atoms with Crippen molar-refractivity contribution in [3.8, 4) is 0 Å². The lowest BCUT2D eigenvalue weighted by molar-refractivity contribution is -0.398. The van der Waals surface area contributed by atoms with Gasteiger partial charge >= 0.3 is 0 Å². The molecule has 0 saturated carbocycles. The van der Waals surface area contributed by atoms with Crippen LogP contribution in [-0.4, -0.2) is 64.8 Å². The minimum atomic E-state index is -1.66. The largest absolute Gasteiger partial charge is 0.550 e.